The molecule has 1 aliphatic rings. The molecule has 0 aliphatic carbocycles. The van der Waals surface area contributed by atoms with E-state index in [9.17, 15) is 28.5 Å². The van der Waals surface area contributed by atoms with Gasteiger partial charge in [-0.3, -0.25) is 14.9 Å². The molecule has 32 heavy (non-hydrogen) atoms. The van der Waals surface area contributed by atoms with Gasteiger partial charge in [0.2, 0.25) is 0 Å². The molecule has 1 saturated heterocycles. The van der Waals surface area contributed by atoms with E-state index in [2.05, 4.69) is 13.8 Å². The van der Waals surface area contributed by atoms with E-state index in [0.29, 0.717) is 30.6 Å². The molecule has 1 amide bonds. The zero-order chi connectivity index (χ0) is 23.4. The molecule has 1 N–H and O–H groups in total. The van der Waals surface area contributed by atoms with E-state index in [1.54, 1.807) is 0 Å². The summed E-state index contributed by atoms with van der Waals surface area (Å²) in [6.45, 7) is 4.68. The van der Waals surface area contributed by atoms with Gasteiger partial charge in [-0.25, -0.2) is 13.6 Å². The molecule has 170 valence electrons. The summed E-state index contributed by atoms with van der Waals surface area (Å²) >= 11 is 0. The van der Waals surface area contributed by atoms with E-state index >= 15 is 0 Å². The molecule has 0 radical (unpaired) electrons. The Morgan fingerprint density at radius 1 is 1.16 bits per heavy atom. The predicted molar refractivity (Wildman–Crippen MR) is 114 cm³/mol. The highest BCUT2D eigenvalue weighted by atomic mass is 19.1. The highest BCUT2D eigenvalue weighted by Gasteiger charge is 2.28. The smallest absolute Gasteiger partial charge is 0.338 e. The second-order valence-electron chi connectivity index (χ2n) is 8.03. The first kappa shape index (κ1) is 23.1. The van der Waals surface area contributed by atoms with Crippen molar-refractivity contribution >= 4 is 28.9 Å². The van der Waals surface area contributed by atoms with Crippen molar-refractivity contribution < 1.29 is 28.0 Å². The average molecular weight is 447 g/mol. The average Bonchev–Trinajstić information content (AvgIpc) is 2.73. The molecule has 0 unspecified atom stereocenters. The minimum atomic E-state index is -0.975. The number of ether oxygens (including phenoxy) is 1. The number of nitro benzene ring substituents is 1. The van der Waals surface area contributed by atoms with Gasteiger partial charge in [-0.2, -0.15) is 0 Å². The number of hydrogen-bond donors (Lipinski definition) is 1. The fraction of sp³-hybridized carbons (Fsp3) is 0.364. The second-order valence-corrected chi connectivity index (χ2v) is 8.03. The van der Waals surface area contributed by atoms with Crippen LogP contribution in [0.1, 0.15) is 30.6 Å². The highest BCUT2D eigenvalue weighted by molar-refractivity contribution is 5.96. The maximum absolute atomic E-state index is 13.6. The zero-order valence-electron chi connectivity index (χ0n) is 17.6. The van der Waals surface area contributed by atoms with Crippen LogP contribution in [-0.4, -0.2) is 36.5 Å². The Labute approximate surface area is 183 Å². The molecule has 2 aromatic carbocycles. The van der Waals surface area contributed by atoms with E-state index in [4.69, 9.17) is 4.74 Å². The third-order valence-corrected chi connectivity index (χ3v) is 5.18. The van der Waals surface area contributed by atoms with Crippen molar-refractivity contribution in [3.05, 3.63) is 63.7 Å². The van der Waals surface area contributed by atoms with Gasteiger partial charge in [0.25, 0.3) is 11.6 Å². The summed E-state index contributed by atoms with van der Waals surface area (Å²) in [5.41, 5.74) is -0.585. The summed E-state index contributed by atoms with van der Waals surface area (Å²) in [7, 11) is 0. The number of nitrogens with zero attached hydrogens (tertiary/aromatic N) is 2. The van der Waals surface area contributed by atoms with Crippen LogP contribution < -0.4 is 10.2 Å². The first-order valence-electron chi connectivity index (χ1n) is 10.1. The Kier molecular flexibility index (Phi) is 7.01. The van der Waals surface area contributed by atoms with Crippen LogP contribution >= 0.6 is 0 Å². The molecule has 1 heterocycles. The molecular weight excluding hydrogens is 424 g/mol. The monoisotopic (exact) mass is 447 g/mol. The Bertz CT molecular complexity index is 1020. The molecule has 0 spiro atoms. The molecule has 3 rings (SSSR count). The van der Waals surface area contributed by atoms with Gasteiger partial charge in [-0.05, 0) is 42.5 Å². The Balaban J connectivity index is 1.69. The van der Waals surface area contributed by atoms with Crippen molar-refractivity contribution in [3.63, 3.8) is 0 Å². The number of anilines is 2. The van der Waals surface area contributed by atoms with Crippen molar-refractivity contribution in [2.45, 2.75) is 20.3 Å². The summed E-state index contributed by atoms with van der Waals surface area (Å²) in [6, 6.07) is 7.07. The van der Waals surface area contributed by atoms with E-state index < -0.39 is 40.7 Å². The molecule has 8 nitrogen and oxygen atoms in total. The van der Waals surface area contributed by atoms with E-state index in [1.807, 2.05) is 10.2 Å². The van der Waals surface area contributed by atoms with Crippen LogP contribution in [-0.2, 0) is 9.53 Å². The fourth-order valence-corrected chi connectivity index (χ4v) is 3.93. The number of nitrogens with one attached hydrogen (secondary N) is 1. The second kappa shape index (κ2) is 9.71. The minimum Gasteiger partial charge on any atom is -0.452 e. The molecule has 0 bridgehead atoms. The lowest BCUT2D eigenvalue weighted by molar-refractivity contribution is -0.384. The lowest BCUT2D eigenvalue weighted by atomic mass is 9.91. The van der Waals surface area contributed by atoms with Crippen LogP contribution in [0.4, 0.5) is 25.8 Å². The van der Waals surface area contributed by atoms with Crippen molar-refractivity contribution in [1.82, 2.24) is 0 Å². The minimum absolute atomic E-state index is 0.108. The number of para-hydroxylation sites is 1. The number of piperidine rings is 1. The van der Waals surface area contributed by atoms with Gasteiger partial charge in [0.1, 0.15) is 23.0 Å². The normalized spacial score (nSPS) is 18.2. The Morgan fingerprint density at radius 2 is 1.78 bits per heavy atom. The first-order valence-corrected chi connectivity index (χ1v) is 10.1. The molecule has 2 aromatic rings. The number of carbonyl (C=O) groups excluding carboxylic acids is 2. The van der Waals surface area contributed by atoms with E-state index in [-0.39, 0.29) is 11.3 Å². The van der Waals surface area contributed by atoms with E-state index in [1.165, 1.54) is 12.1 Å². The number of esters is 1. The number of rotatable bonds is 6. The lowest BCUT2D eigenvalue weighted by Gasteiger charge is -2.36. The molecule has 2 atom stereocenters. The maximum Gasteiger partial charge on any atom is 0.338 e. The molecule has 10 heteroatoms. The molecular formula is C22H23F2N3O5. The van der Waals surface area contributed by atoms with Gasteiger partial charge in [-0.15, -0.1) is 0 Å². The number of nitro groups is 1. The molecule has 0 saturated carbocycles. The van der Waals surface area contributed by atoms with Gasteiger partial charge < -0.3 is 15.0 Å². The van der Waals surface area contributed by atoms with Crippen molar-refractivity contribution in [3.8, 4) is 0 Å². The molecule has 0 aromatic heterocycles. The maximum atomic E-state index is 13.6. The van der Waals surface area contributed by atoms with Crippen LogP contribution in [0.15, 0.2) is 36.4 Å². The van der Waals surface area contributed by atoms with Gasteiger partial charge in [0.05, 0.1) is 10.5 Å². The highest BCUT2D eigenvalue weighted by Crippen LogP contribution is 2.34. The third-order valence-electron chi connectivity index (χ3n) is 5.18. The zero-order valence-corrected chi connectivity index (χ0v) is 17.6. The molecule has 1 aliphatic heterocycles. The summed E-state index contributed by atoms with van der Waals surface area (Å²) < 4.78 is 32.1. The fourth-order valence-electron chi connectivity index (χ4n) is 3.93. The number of carbonyl (C=O) groups is 2. The summed E-state index contributed by atoms with van der Waals surface area (Å²) in [4.78, 5) is 37.2. The quantitative estimate of drug-likeness (QED) is 0.406. The van der Waals surface area contributed by atoms with Gasteiger partial charge in [-0.1, -0.05) is 19.9 Å². The van der Waals surface area contributed by atoms with Gasteiger partial charge in [0, 0.05) is 19.2 Å². The van der Waals surface area contributed by atoms with Gasteiger partial charge >= 0.3 is 5.97 Å². The number of benzene rings is 2. The summed E-state index contributed by atoms with van der Waals surface area (Å²) in [5.74, 6) is -3.12. The summed E-state index contributed by atoms with van der Waals surface area (Å²) in [5, 5.41) is 13.6. The van der Waals surface area contributed by atoms with Crippen LogP contribution in [0.3, 0.4) is 0 Å². The van der Waals surface area contributed by atoms with Crippen LogP contribution in [0, 0.1) is 33.6 Å². The topological polar surface area (TPSA) is 102 Å². The van der Waals surface area contributed by atoms with Crippen LogP contribution in [0.2, 0.25) is 0 Å². The van der Waals surface area contributed by atoms with Crippen LogP contribution in [0.5, 0.6) is 0 Å². The largest absolute Gasteiger partial charge is 0.452 e. The lowest BCUT2D eigenvalue weighted by Crippen LogP contribution is -2.39. The number of hydrogen-bond acceptors (Lipinski definition) is 6. The first-order chi connectivity index (χ1) is 15.2. The Hall–Kier alpha value is -3.56. The standard InChI is InChI=1S/C22H23F2N3O5/c1-13-8-14(2)11-26(10-13)18-7-6-15(9-19(18)27(30)31)22(29)32-12-20(28)25-21-16(23)4-3-5-17(21)24/h3-7,9,13-14H,8,10-12H2,1-2H3,(H,25,28)/t13-,14+. The summed E-state index contributed by atoms with van der Waals surface area (Å²) in [6.07, 6.45) is 1.04. The predicted octanol–water partition coefficient (Wildman–Crippen LogP) is 4.15. The van der Waals surface area contributed by atoms with Crippen molar-refractivity contribution in [1.29, 1.82) is 0 Å². The van der Waals surface area contributed by atoms with Crippen molar-refractivity contribution in [2.75, 3.05) is 29.9 Å². The number of amides is 1. The number of halogens is 2. The van der Waals surface area contributed by atoms with Crippen LogP contribution in [0.25, 0.3) is 0 Å². The van der Waals surface area contributed by atoms with Gasteiger partial charge in [0.15, 0.2) is 6.61 Å². The molecule has 1 fully saturated rings. The third kappa shape index (κ3) is 5.37. The van der Waals surface area contributed by atoms with E-state index in [0.717, 1.165) is 30.7 Å². The Morgan fingerprint density at radius 3 is 2.38 bits per heavy atom. The van der Waals surface area contributed by atoms with Crippen molar-refractivity contribution in [2.24, 2.45) is 11.8 Å². The SMILES string of the molecule is C[C@@H]1C[C@H](C)CN(c2ccc(C(=O)OCC(=O)Nc3c(F)cccc3F)cc2[N+](=O)[O-])C1.